The van der Waals surface area contributed by atoms with Crippen LogP contribution in [-0.2, 0) is 0 Å². The smallest absolute Gasteiger partial charge is 0.117 e. The van der Waals surface area contributed by atoms with Gasteiger partial charge in [0.15, 0.2) is 0 Å². The van der Waals surface area contributed by atoms with Crippen molar-refractivity contribution in [2.45, 2.75) is 12.2 Å². The Morgan fingerprint density at radius 3 is 2.43 bits per heavy atom. The Hall–Kier alpha value is -1.23. The summed E-state index contributed by atoms with van der Waals surface area (Å²) in [5.74, 6) is 0. The quantitative estimate of drug-likeness (QED) is 0.597. The van der Waals surface area contributed by atoms with Crippen LogP contribution < -0.4 is 0 Å². The lowest BCUT2D eigenvalue weighted by molar-refractivity contribution is 0.0205. The minimum absolute atomic E-state index is 0.484. The van der Waals surface area contributed by atoms with E-state index in [9.17, 15) is 5.11 Å². The topological polar surface area (TPSA) is 73.0 Å². The third-order valence-corrected chi connectivity index (χ3v) is 1.71. The summed E-state index contributed by atoms with van der Waals surface area (Å²) in [6.07, 6.45) is -1.11. The van der Waals surface area contributed by atoms with Crippen LogP contribution in [0.5, 0.6) is 0 Å². The van der Waals surface area contributed by atoms with Gasteiger partial charge in [0.2, 0.25) is 0 Å². The molecular formula is C10H13NO3. The van der Waals surface area contributed by atoms with Crippen LogP contribution in [0.3, 0.4) is 0 Å². The minimum Gasteiger partial charge on any atom is -0.394 e. The molecule has 0 bridgehead atoms. The van der Waals surface area contributed by atoms with Gasteiger partial charge in [0, 0.05) is 6.21 Å². The molecule has 2 atom stereocenters. The number of para-hydroxylation sites is 1. The Morgan fingerprint density at radius 1 is 1.21 bits per heavy atom. The fourth-order valence-corrected chi connectivity index (χ4v) is 0.884. The second-order valence-corrected chi connectivity index (χ2v) is 2.85. The third kappa shape index (κ3) is 3.26. The molecular weight excluding hydrogens is 182 g/mol. The SMILES string of the molecule is OC[C@@H](O)[C@H](O)C=Nc1ccccc1. The lowest BCUT2D eigenvalue weighted by Crippen LogP contribution is -2.30. The summed E-state index contributed by atoms with van der Waals surface area (Å²) in [5, 5.41) is 26.8. The van der Waals surface area contributed by atoms with Crippen LogP contribution in [0.15, 0.2) is 35.3 Å². The summed E-state index contributed by atoms with van der Waals surface area (Å²) in [5.41, 5.74) is 0.691. The van der Waals surface area contributed by atoms with Crippen molar-refractivity contribution in [1.82, 2.24) is 0 Å². The molecule has 0 unspecified atom stereocenters. The molecule has 0 aliphatic carbocycles. The summed E-state index contributed by atoms with van der Waals surface area (Å²) >= 11 is 0. The molecule has 4 nitrogen and oxygen atoms in total. The number of nitrogens with zero attached hydrogens (tertiary/aromatic N) is 1. The minimum atomic E-state index is -1.18. The summed E-state index contributed by atoms with van der Waals surface area (Å²) in [4.78, 5) is 3.93. The molecule has 1 aromatic rings. The monoisotopic (exact) mass is 195 g/mol. The van der Waals surface area contributed by atoms with E-state index in [1.54, 1.807) is 12.1 Å². The number of hydrogen-bond donors (Lipinski definition) is 3. The first kappa shape index (κ1) is 10.8. The summed E-state index contributed by atoms with van der Waals surface area (Å²) < 4.78 is 0. The highest BCUT2D eigenvalue weighted by Crippen LogP contribution is 2.08. The van der Waals surface area contributed by atoms with Crippen molar-refractivity contribution >= 4 is 11.9 Å². The maximum absolute atomic E-state index is 9.22. The van der Waals surface area contributed by atoms with Gasteiger partial charge in [0.1, 0.15) is 12.2 Å². The van der Waals surface area contributed by atoms with Gasteiger partial charge in [0.05, 0.1) is 12.3 Å². The molecule has 0 saturated heterocycles. The highest BCUT2D eigenvalue weighted by Gasteiger charge is 2.11. The van der Waals surface area contributed by atoms with Crippen molar-refractivity contribution in [1.29, 1.82) is 0 Å². The van der Waals surface area contributed by atoms with Gasteiger partial charge in [-0.05, 0) is 12.1 Å². The highest BCUT2D eigenvalue weighted by atomic mass is 16.4. The van der Waals surface area contributed by atoms with Crippen LogP contribution in [0, 0.1) is 0 Å². The summed E-state index contributed by atoms with van der Waals surface area (Å²) in [6.45, 7) is -0.484. The standard InChI is InChI=1S/C10H13NO3/c12-7-10(14)9(13)6-11-8-4-2-1-3-5-8/h1-6,9-10,12-14H,7H2/t9-,10-/m1/s1. The van der Waals surface area contributed by atoms with Crippen molar-refractivity contribution in [2.75, 3.05) is 6.61 Å². The van der Waals surface area contributed by atoms with Gasteiger partial charge < -0.3 is 15.3 Å². The van der Waals surface area contributed by atoms with E-state index in [0.29, 0.717) is 5.69 Å². The van der Waals surface area contributed by atoms with Crippen LogP contribution in [-0.4, -0.2) is 40.3 Å². The molecule has 0 amide bonds. The van der Waals surface area contributed by atoms with Crippen LogP contribution >= 0.6 is 0 Å². The number of aliphatic hydroxyl groups excluding tert-OH is 3. The second-order valence-electron chi connectivity index (χ2n) is 2.85. The highest BCUT2D eigenvalue weighted by molar-refractivity contribution is 5.68. The molecule has 0 saturated carbocycles. The lowest BCUT2D eigenvalue weighted by atomic mass is 10.2. The Morgan fingerprint density at radius 2 is 1.86 bits per heavy atom. The number of rotatable bonds is 4. The molecule has 3 N–H and O–H groups in total. The molecule has 76 valence electrons. The molecule has 0 aromatic heterocycles. The number of benzene rings is 1. The maximum atomic E-state index is 9.22. The van der Waals surface area contributed by atoms with Gasteiger partial charge in [0.25, 0.3) is 0 Å². The van der Waals surface area contributed by atoms with E-state index >= 15 is 0 Å². The lowest BCUT2D eigenvalue weighted by Gasteiger charge is -2.09. The van der Waals surface area contributed by atoms with E-state index in [-0.39, 0.29) is 0 Å². The average Bonchev–Trinajstić information content (AvgIpc) is 2.26. The predicted octanol–water partition coefficient (Wildman–Crippen LogP) is 0.103. The molecule has 0 aliphatic heterocycles. The van der Waals surface area contributed by atoms with Crippen molar-refractivity contribution in [3.05, 3.63) is 30.3 Å². The first-order valence-electron chi connectivity index (χ1n) is 4.30. The van der Waals surface area contributed by atoms with Crippen molar-refractivity contribution in [3.8, 4) is 0 Å². The second kappa shape index (κ2) is 5.49. The van der Waals surface area contributed by atoms with E-state index in [1.165, 1.54) is 6.21 Å². The van der Waals surface area contributed by atoms with Gasteiger partial charge in [-0.1, -0.05) is 18.2 Å². The Bertz CT molecular complexity index is 287. The fourth-order valence-electron chi connectivity index (χ4n) is 0.884. The molecule has 1 aromatic carbocycles. The molecule has 0 aliphatic rings. The van der Waals surface area contributed by atoms with Gasteiger partial charge in [-0.2, -0.15) is 0 Å². The maximum Gasteiger partial charge on any atom is 0.117 e. The normalized spacial score (nSPS) is 15.6. The van der Waals surface area contributed by atoms with Crippen LogP contribution in [0.2, 0.25) is 0 Å². The molecule has 0 fully saturated rings. The van der Waals surface area contributed by atoms with E-state index in [0.717, 1.165) is 0 Å². The first-order valence-corrected chi connectivity index (χ1v) is 4.30. The predicted molar refractivity (Wildman–Crippen MR) is 53.7 cm³/mol. The zero-order valence-electron chi connectivity index (χ0n) is 7.61. The molecule has 1 rings (SSSR count). The van der Waals surface area contributed by atoms with Crippen LogP contribution in [0.25, 0.3) is 0 Å². The van der Waals surface area contributed by atoms with Crippen LogP contribution in [0.1, 0.15) is 0 Å². The molecule has 0 spiro atoms. The van der Waals surface area contributed by atoms with Gasteiger partial charge in [-0.3, -0.25) is 4.99 Å². The number of aliphatic imine (C=N–C) groups is 1. The largest absolute Gasteiger partial charge is 0.394 e. The van der Waals surface area contributed by atoms with E-state index < -0.39 is 18.8 Å². The Kier molecular flexibility index (Phi) is 4.25. The molecule has 0 radical (unpaired) electrons. The van der Waals surface area contributed by atoms with E-state index in [4.69, 9.17) is 10.2 Å². The van der Waals surface area contributed by atoms with Gasteiger partial charge >= 0.3 is 0 Å². The summed E-state index contributed by atoms with van der Waals surface area (Å²) in [6, 6.07) is 9.05. The van der Waals surface area contributed by atoms with Crippen molar-refractivity contribution in [3.63, 3.8) is 0 Å². The van der Waals surface area contributed by atoms with Gasteiger partial charge in [-0.25, -0.2) is 0 Å². The van der Waals surface area contributed by atoms with Crippen LogP contribution in [0.4, 0.5) is 5.69 Å². The average molecular weight is 195 g/mol. The third-order valence-electron chi connectivity index (χ3n) is 1.71. The number of aliphatic hydroxyl groups is 3. The Labute approximate surface area is 82.2 Å². The molecule has 4 heteroatoms. The van der Waals surface area contributed by atoms with E-state index in [2.05, 4.69) is 4.99 Å². The first-order chi connectivity index (χ1) is 6.74. The fraction of sp³-hybridized carbons (Fsp3) is 0.300. The van der Waals surface area contributed by atoms with Gasteiger partial charge in [-0.15, -0.1) is 0 Å². The molecule has 14 heavy (non-hydrogen) atoms. The number of hydrogen-bond acceptors (Lipinski definition) is 4. The van der Waals surface area contributed by atoms with Crippen molar-refractivity contribution in [2.24, 2.45) is 4.99 Å². The zero-order valence-corrected chi connectivity index (χ0v) is 7.61. The zero-order chi connectivity index (χ0) is 10.4. The van der Waals surface area contributed by atoms with E-state index in [1.807, 2.05) is 18.2 Å². The van der Waals surface area contributed by atoms with Crippen molar-refractivity contribution < 1.29 is 15.3 Å². The summed E-state index contributed by atoms with van der Waals surface area (Å²) in [7, 11) is 0. The molecule has 0 heterocycles. The Balaban J connectivity index is 2.56.